The van der Waals surface area contributed by atoms with Crippen molar-refractivity contribution in [1.29, 1.82) is 0 Å². The van der Waals surface area contributed by atoms with E-state index in [9.17, 15) is 0 Å². The minimum Gasteiger partial charge on any atom is -0.369 e. The third kappa shape index (κ3) is 4.06. The molecule has 2 aromatic heterocycles. The Kier molecular flexibility index (Phi) is 6.56. The maximum absolute atomic E-state index is 4.28. The summed E-state index contributed by atoms with van der Waals surface area (Å²) in [4.78, 5) is 8.41. The van der Waals surface area contributed by atoms with Gasteiger partial charge in [-0.1, -0.05) is 33.1 Å². The van der Waals surface area contributed by atoms with E-state index in [-0.39, 0.29) is 12.4 Å². The number of aromatic amines is 1. The molecule has 0 aliphatic heterocycles. The molecule has 0 aromatic carbocycles. The first-order chi connectivity index (χ1) is 8.85. The van der Waals surface area contributed by atoms with E-state index in [1.807, 2.05) is 0 Å². The molecule has 0 aliphatic rings. The van der Waals surface area contributed by atoms with Gasteiger partial charge in [0.15, 0.2) is 5.65 Å². The van der Waals surface area contributed by atoms with Gasteiger partial charge in [0.25, 0.3) is 0 Å². The molecule has 0 bridgehead atoms. The van der Waals surface area contributed by atoms with Gasteiger partial charge < -0.3 is 5.32 Å². The summed E-state index contributed by atoms with van der Waals surface area (Å²) in [7, 11) is 0. The van der Waals surface area contributed by atoms with Crippen LogP contribution >= 0.6 is 12.4 Å². The molecule has 2 aromatic rings. The molecule has 0 spiro atoms. The third-order valence-electron chi connectivity index (χ3n) is 3.35. The number of hydrogen-bond donors (Lipinski definition) is 2. The quantitative estimate of drug-likeness (QED) is 0.817. The number of fused-ring (bicyclic) bond motifs is 1. The Bertz CT molecular complexity index is 485. The van der Waals surface area contributed by atoms with Crippen LogP contribution in [-0.2, 0) is 0 Å². The molecular formula is C13H22ClN5. The van der Waals surface area contributed by atoms with Crippen LogP contribution < -0.4 is 5.32 Å². The molecule has 0 amide bonds. The Labute approximate surface area is 120 Å². The Balaban J connectivity index is 0.00000180. The smallest absolute Gasteiger partial charge is 0.160 e. The van der Waals surface area contributed by atoms with Gasteiger partial charge in [-0.25, -0.2) is 9.97 Å². The second kappa shape index (κ2) is 7.94. The molecule has 106 valence electrons. The molecule has 19 heavy (non-hydrogen) atoms. The molecule has 0 aliphatic carbocycles. The van der Waals surface area contributed by atoms with E-state index in [1.165, 1.54) is 25.7 Å². The number of aromatic nitrogens is 4. The van der Waals surface area contributed by atoms with Crippen molar-refractivity contribution in [3.8, 4) is 0 Å². The molecule has 2 N–H and O–H groups in total. The summed E-state index contributed by atoms with van der Waals surface area (Å²) in [5.74, 6) is 1.59. The lowest BCUT2D eigenvalue weighted by Crippen LogP contribution is -2.14. The largest absolute Gasteiger partial charge is 0.369 e. The Hall–Kier alpha value is -1.36. The van der Waals surface area contributed by atoms with Crippen LogP contribution in [0.4, 0.5) is 5.82 Å². The second-order valence-electron chi connectivity index (χ2n) is 4.65. The molecule has 0 fully saturated rings. The fraction of sp³-hybridized carbons (Fsp3) is 0.615. The number of halogens is 1. The molecule has 0 saturated heterocycles. The summed E-state index contributed by atoms with van der Waals surface area (Å²) in [5.41, 5.74) is 0.786. The summed E-state index contributed by atoms with van der Waals surface area (Å²) < 4.78 is 0. The first-order valence-electron chi connectivity index (χ1n) is 6.73. The Morgan fingerprint density at radius 1 is 1.32 bits per heavy atom. The SMILES string of the molecule is CCCCC(CC)CNc1ncnc2[nH]ncc12.Cl. The summed E-state index contributed by atoms with van der Waals surface area (Å²) in [6.07, 6.45) is 8.37. The number of hydrogen-bond acceptors (Lipinski definition) is 4. The van der Waals surface area contributed by atoms with Gasteiger partial charge in [0.05, 0.1) is 11.6 Å². The zero-order valence-corrected chi connectivity index (χ0v) is 12.3. The molecule has 2 heterocycles. The number of rotatable bonds is 7. The van der Waals surface area contributed by atoms with Crippen molar-refractivity contribution in [3.05, 3.63) is 12.5 Å². The van der Waals surface area contributed by atoms with Crippen molar-refractivity contribution >= 4 is 29.3 Å². The van der Waals surface area contributed by atoms with Crippen LogP contribution in [0.1, 0.15) is 39.5 Å². The minimum absolute atomic E-state index is 0. The lowest BCUT2D eigenvalue weighted by molar-refractivity contribution is 0.472. The van der Waals surface area contributed by atoms with E-state index < -0.39 is 0 Å². The van der Waals surface area contributed by atoms with Crippen LogP contribution in [0.5, 0.6) is 0 Å². The average molecular weight is 284 g/mol. The minimum atomic E-state index is 0. The zero-order chi connectivity index (χ0) is 12.8. The standard InChI is InChI=1S/C13H21N5.ClH/c1-3-5-6-10(4-2)7-14-12-11-8-17-18-13(11)16-9-15-12;/h8-10H,3-7H2,1-2H3,(H2,14,15,16,17,18);1H. The molecular weight excluding hydrogens is 262 g/mol. The van der Waals surface area contributed by atoms with E-state index >= 15 is 0 Å². The fourth-order valence-corrected chi connectivity index (χ4v) is 2.09. The molecule has 0 saturated carbocycles. The maximum Gasteiger partial charge on any atom is 0.160 e. The van der Waals surface area contributed by atoms with Gasteiger partial charge in [0.1, 0.15) is 12.1 Å². The zero-order valence-electron chi connectivity index (χ0n) is 11.5. The highest BCUT2D eigenvalue weighted by Gasteiger charge is 2.08. The van der Waals surface area contributed by atoms with E-state index in [4.69, 9.17) is 0 Å². The predicted octanol–water partition coefficient (Wildman–Crippen LogP) is 3.40. The molecule has 5 nitrogen and oxygen atoms in total. The van der Waals surface area contributed by atoms with Gasteiger partial charge in [-0.05, 0) is 12.3 Å². The van der Waals surface area contributed by atoms with Gasteiger partial charge >= 0.3 is 0 Å². The topological polar surface area (TPSA) is 66.5 Å². The first kappa shape index (κ1) is 15.7. The van der Waals surface area contributed by atoms with Crippen molar-refractivity contribution < 1.29 is 0 Å². The highest BCUT2D eigenvalue weighted by atomic mass is 35.5. The van der Waals surface area contributed by atoms with E-state index in [2.05, 4.69) is 39.3 Å². The number of nitrogens with zero attached hydrogens (tertiary/aromatic N) is 3. The highest BCUT2D eigenvalue weighted by Crippen LogP contribution is 2.18. The first-order valence-corrected chi connectivity index (χ1v) is 6.73. The van der Waals surface area contributed by atoms with Crippen molar-refractivity contribution in [2.75, 3.05) is 11.9 Å². The second-order valence-corrected chi connectivity index (χ2v) is 4.65. The highest BCUT2D eigenvalue weighted by molar-refractivity contribution is 5.85. The molecule has 2 rings (SSSR count). The average Bonchev–Trinajstić information content (AvgIpc) is 2.88. The summed E-state index contributed by atoms with van der Waals surface area (Å²) in [6.45, 7) is 5.45. The van der Waals surface area contributed by atoms with Gasteiger partial charge in [0.2, 0.25) is 0 Å². The molecule has 0 radical (unpaired) electrons. The summed E-state index contributed by atoms with van der Waals surface area (Å²) in [5, 5.41) is 11.2. The number of H-pyrrole nitrogens is 1. The number of anilines is 1. The van der Waals surface area contributed by atoms with Crippen LogP contribution in [0.25, 0.3) is 11.0 Å². The molecule has 1 unspecified atom stereocenters. The van der Waals surface area contributed by atoms with Crippen LogP contribution in [0.2, 0.25) is 0 Å². The van der Waals surface area contributed by atoms with E-state index in [0.29, 0.717) is 5.92 Å². The lowest BCUT2D eigenvalue weighted by Gasteiger charge is -2.15. The van der Waals surface area contributed by atoms with Crippen LogP contribution in [0.3, 0.4) is 0 Å². The van der Waals surface area contributed by atoms with Crippen molar-refractivity contribution in [2.24, 2.45) is 5.92 Å². The fourth-order valence-electron chi connectivity index (χ4n) is 2.09. The normalized spacial score (nSPS) is 12.1. The van der Waals surface area contributed by atoms with Crippen molar-refractivity contribution in [3.63, 3.8) is 0 Å². The van der Waals surface area contributed by atoms with E-state index in [0.717, 1.165) is 23.4 Å². The van der Waals surface area contributed by atoms with Crippen molar-refractivity contribution in [1.82, 2.24) is 20.2 Å². The van der Waals surface area contributed by atoms with Gasteiger partial charge in [-0.3, -0.25) is 5.10 Å². The van der Waals surface area contributed by atoms with Gasteiger partial charge in [0, 0.05) is 6.54 Å². The number of nitrogens with one attached hydrogen (secondary N) is 2. The summed E-state index contributed by atoms with van der Waals surface area (Å²) in [6, 6.07) is 0. The van der Waals surface area contributed by atoms with Gasteiger partial charge in [-0.2, -0.15) is 5.10 Å². The molecule has 6 heteroatoms. The monoisotopic (exact) mass is 283 g/mol. The van der Waals surface area contributed by atoms with Crippen LogP contribution in [0.15, 0.2) is 12.5 Å². The number of unbranched alkanes of at least 4 members (excludes halogenated alkanes) is 1. The third-order valence-corrected chi connectivity index (χ3v) is 3.35. The Morgan fingerprint density at radius 2 is 2.16 bits per heavy atom. The molecule has 1 atom stereocenters. The van der Waals surface area contributed by atoms with E-state index in [1.54, 1.807) is 12.5 Å². The van der Waals surface area contributed by atoms with Gasteiger partial charge in [-0.15, -0.1) is 12.4 Å². The van der Waals surface area contributed by atoms with Crippen LogP contribution in [-0.4, -0.2) is 26.7 Å². The van der Waals surface area contributed by atoms with Crippen molar-refractivity contribution in [2.45, 2.75) is 39.5 Å². The Morgan fingerprint density at radius 3 is 2.89 bits per heavy atom. The summed E-state index contributed by atoms with van der Waals surface area (Å²) >= 11 is 0. The van der Waals surface area contributed by atoms with Crippen LogP contribution in [0, 0.1) is 5.92 Å². The lowest BCUT2D eigenvalue weighted by atomic mass is 9.99. The predicted molar refractivity (Wildman–Crippen MR) is 80.7 cm³/mol. The maximum atomic E-state index is 4.28.